The van der Waals surface area contributed by atoms with Crippen LogP contribution in [0.15, 0.2) is 24.3 Å². The second kappa shape index (κ2) is 5.36. The number of rotatable bonds is 4. The van der Waals surface area contributed by atoms with Crippen LogP contribution in [0.4, 0.5) is 0 Å². The monoisotopic (exact) mass is 176 g/mol. The van der Waals surface area contributed by atoms with E-state index in [1.54, 1.807) is 12.1 Å². The molecule has 1 rings (SSSR count). The molecule has 1 aromatic carbocycles. The minimum atomic E-state index is 0.252. The number of ether oxygens (including phenoxy) is 1. The molecule has 0 bridgehead atoms. The van der Waals surface area contributed by atoms with Crippen LogP contribution >= 0.6 is 0 Å². The Morgan fingerprint density at radius 3 is 2.77 bits per heavy atom. The van der Waals surface area contributed by atoms with Gasteiger partial charge in [-0.05, 0) is 24.6 Å². The van der Waals surface area contributed by atoms with Gasteiger partial charge in [0.2, 0.25) is 5.90 Å². The van der Waals surface area contributed by atoms with Gasteiger partial charge in [0.25, 0.3) is 0 Å². The maximum atomic E-state index is 7.57. The van der Waals surface area contributed by atoms with E-state index in [9.17, 15) is 0 Å². The molecule has 0 heterocycles. The number of nitrogens with one attached hydrogen (secondary N) is 1. The minimum absolute atomic E-state index is 0.252. The summed E-state index contributed by atoms with van der Waals surface area (Å²) in [5.41, 5.74) is 0.815. The van der Waals surface area contributed by atoms with Crippen LogP contribution in [0.2, 0.25) is 0 Å². The Balaban J connectivity index is 2.40. The maximum absolute atomic E-state index is 7.57. The Bertz CT molecular complexity index is 256. The minimum Gasteiger partial charge on any atom is -0.478 e. The van der Waals surface area contributed by atoms with Crippen molar-refractivity contribution in [2.24, 2.45) is 0 Å². The molecule has 0 atom stereocenters. The van der Waals surface area contributed by atoms with Gasteiger partial charge in [-0.2, -0.15) is 0 Å². The predicted octanol–water partition coefficient (Wildman–Crippen LogP) is 2.63. The highest BCUT2D eigenvalue weighted by Crippen LogP contribution is 2.01. The summed E-state index contributed by atoms with van der Waals surface area (Å²) in [7, 11) is 0. The van der Waals surface area contributed by atoms with Crippen molar-refractivity contribution in [3.8, 4) is 0 Å². The molecule has 1 radical (unpaired) electrons. The topological polar surface area (TPSA) is 33.1 Å². The number of hydrogen-bond donors (Lipinski definition) is 1. The van der Waals surface area contributed by atoms with Gasteiger partial charge < -0.3 is 4.74 Å². The normalized spacial score (nSPS) is 9.62. The first-order valence-electron chi connectivity index (χ1n) is 4.52. The molecule has 0 saturated carbocycles. The first-order valence-corrected chi connectivity index (χ1v) is 4.52. The standard InChI is InChI=1S/C11H14NO/c1-2-3-9-13-11(12)10-7-5-4-6-8-10/h5-8,12H,2-3,9H2,1H3. The van der Waals surface area contributed by atoms with Crippen LogP contribution < -0.4 is 0 Å². The van der Waals surface area contributed by atoms with Gasteiger partial charge in [0.05, 0.1) is 6.61 Å². The number of hydrogen-bond acceptors (Lipinski definition) is 2. The van der Waals surface area contributed by atoms with Crippen molar-refractivity contribution in [2.45, 2.75) is 19.8 Å². The number of benzene rings is 1. The second-order valence-corrected chi connectivity index (χ2v) is 2.82. The fourth-order valence-electron chi connectivity index (χ4n) is 0.940. The van der Waals surface area contributed by atoms with Crippen LogP contribution in [0.25, 0.3) is 0 Å². The number of unbranched alkanes of at least 4 members (excludes halogenated alkanes) is 1. The lowest BCUT2D eigenvalue weighted by atomic mass is 10.2. The van der Waals surface area contributed by atoms with Gasteiger partial charge >= 0.3 is 0 Å². The summed E-state index contributed by atoms with van der Waals surface area (Å²) in [6.45, 7) is 2.73. The van der Waals surface area contributed by atoms with Crippen molar-refractivity contribution in [1.82, 2.24) is 0 Å². The zero-order valence-electron chi connectivity index (χ0n) is 7.84. The van der Waals surface area contributed by atoms with Crippen molar-refractivity contribution < 1.29 is 4.74 Å². The molecule has 0 unspecified atom stereocenters. The highest BCUT2D eigenvalue weighted by Gasteiger charge is 1.99. The Kier molecular flexibility index (Phi) is 4.03. The largest absolute Gasteiger partial charge is 0.478 e. The van der Waals surface area contributed by atoms with E-state index in [1.165, 1.54) is 0 Å². The molecule has 13 heavy (non-hydrogen) atoms. The third-order valence-corrected chi connectivity index (χ3v) is 1.72. The van der Waals surface area contributed by atoms with E-state index in [1.807, 2.05) is 12.1 Å². The van der Waals surface area contributed by atoms with Crippen molar-refractivity contribution in [3.63, 3.8) is 0 Å². The Hall–Kier alpha value is -1.31. The molecule has 2 nitrogen and oxygen atoms in total. The molecule has 0 spiro atoms. The molecule has 0 aliphatic heterocycles. The average Bonchev–Trinajstić information content (AvgIpc) is 2.19. The molecule has 0 aliphatic rings. The summed E-state index contributed by atoms with van der Waals surface area (Å²) in [5, 5.41) is 7.57. The molecule has 0 saturated heterocycles. The zero-order chi connectivity index (χ0) is 9.52. The lowest BCUT2D eigenvalue weighted by molar-refractivity contribution is 0.295. The van der Waals surface area contributed by atoms with Gasteiger partial charge in [-0.1, -0.05) is 25.5 Å². The van der Waals surface area contributed by atoms with Gasteiger partial charge in [0, 0.05) is 5.56 Å². The summed E-state index contributed by atoms with van der Waals surface area (Å²) in [5.74, 6) is 0.252. The van der Waals surface area contributed by atoms with Gasteiger partial charge in [-0.15, -0.1) is 0 Å². The third kappa shape index (κ3) is 3.28. The van der Waals surface area contributed by atoms with Crippen molar-refractivity contribution in [3.05, 3.63) is 35.9 Å². The van der Waals surface area contributed by atoms with Gasteiger partial charge in [-0.25, -0.2) is 0 Å². The predicted molar refractivity (Wildman–Crippen MR) is 53.0 cm³/mol. The van der Waals surface area contributed by atoms with E-state index in [-0.39, 0.29) is 5.90 Å². The first kappa shape index (κ1) is 9.78. The molecule has 69 valence electrons. The van der Waals surface area contributed by atoms with Gasteiger partial charge in [-0.3, -0.25) is 5.41 Å². The molecule has 0 aromatic heterocycles. The smallest absolute Gasteiger partial charge is 0.213 e. The van der Waals surface area contributed by atoms with Crippen LogP contribution in [0.1, 0.15) is 25.3 Å². The molecular formula is C11H14NO. The summed E-state index contributed by atoms with van der Waals surface area (Å²) < 4.78 is 5.24. The Morgan fingerprint density at radius 2 is 2.15 bits per heavy atom. The fraction of sp³-hybridized carbons (Fsp3) is 0.364. The van der Waals surface area contributed by atoms with E-state index in [4.69, 9.17) is 10.1 Å². The van der Waals surface area contributed by atoms with Crippen LogP contribution in [0.5, 0.6) is 0 Å². The molecule has 0 aliphatic carbocycles. The highest BCUT2D eigenvalue weighted by atomic mass is 16.5. The SMILES string of the molecule is CCCCOC(=N)c1cc[c]cc1. The van der Waals surface area contributed by atoms with Crippen molar-refractivity contribution in [1.29, 1.82) is 5.41 Å². The van der Waals surface area contributed by atoms with Crippen LogP contribution in [0, 0.1) is 11.5 Å². The maximum Gasteiger partial charge on any atom is 0.213 e. The van der Waals surface area contributed by atoms with E-state index in [0.717, 1.165) is 18.4 Å². The fourth-order valence-corrected chi connectivity index (χ4v) is 0.940. The molecular weight excluding hydrogens is 162 g/mol. The summed E-state index contributed by atoms with van der Waals surface area (Å²) in [6, 6.07) is 10.1. The van der Waals surface area contributed by atoms with E-state index in [0.29, 0.717) is 6.61 Å². The quantitative estimate of drug-likeness (QED) is 0.427. The Labute approximate surface area is 79.1 Å². The summed E-state index contributed by atoms with van der Waals surface area (Å²) in [4.78, 5) is 0. The molecule has 0 amide bonds. The molecule has 1 aromatic rings. The van der Waals surface area contributed by atoms with E-state index < -0.39 is 0 Å². The highest BCUT2D eigenvalue weighted by molar-refractivity contribution is 5.91. The van der Waals surface area contributed by atoms with E-state index >= 15 is 0 Å². The summed E-state index contributed by atoms with van der Waals surface area (Å²) in [6.07, 6.45) is 2.09. The summed E-state index contributed by atoms with van der Waals surface area (Å²) >= 11 is 0. The first-order chi connectivity index (χ1) is 6.34. The van der Waals surface area contributed by atoms with Crippen molar-refractivity contribution in [2.75, 3.05) is 6.61 Å². The Morgan fingerprint density at radius 1 is 1.46 bits per heavy atom. The average molecular weight is 176 g/mol. The van der Waals surface area contributed by atoms with Crippen LogP contribution in [-0.2, 0) is 4.74 Å². The molecule has 2 heteroatoms. The van der Waals surface area contributed by atoms with Gasteiger partial charge in [0.1, 0.15) is 0 Å². The van der Waals surface area contributed by atoms with Crippen LogP contribution in [0.3, 0.4) is 0 Å². The zero-order valence-corrected chi connectivity index (χ0v) is 7.84. The van der Waals surface area contributed by atoms with E-state index in [2.05, 4.69) is 13.0 Å². The third-order valence-electron chi connectivity index (χ3n) is 1.72. The lowest BCUT2D eigenvalue weighted by Gasteiger charge is -2.05. The molecule has 1 N–H and O–H groups in total. The molecule has 0 fully saturated rings. The van der Waals surface area contributed by atoms with Crippen molar-refractivity contribution >= 4 is 5.90 Å². The van der Waals surface area contributed by atoms with Crippen LogP contribution in [-0.4, -0.2) is 12.5 Å². The second-order valence-electron chi connectivity index (χ2n) is 2.82. The van der Waals surface area contributed by atoms with Gasteiger partial charge in [0.15, 0.2) is 0 Å². The lowest BCUT2D eigenvalue weighted by Crippen LogP contribution is -2.05.